The van der Waals surface area contributed by atoms with Crippen LogP contribution in [0.15, 0.2) is 84.9 Å². The van der Waals surface area contributed by atoms with Crippen LogP contribution in [0.5, 0.6) is 0 Å². The van der Waals surface area contributed by atoms with Crippen LogP contribution in [0.3, 0.4) is 0 Å². The standard InChI is InChI=1S/C28H25N3O2/c32-25-18-30(16-15-19-9-3-1-4-10-19)28(33)24-17-22-21-13-7-8-14-23(21)29-26(22)27(31(24)25)20-11-5-2-6-12-20/h1-14,24,27,29H,15-18H2/t24-,27-/m0/s1. The molecular formula is C28H25N3O2. The summed E-state index contributed by atoms with van der Waals surface area (Å²) < 4.78 is 0. The molecule has 6 rings (SSSR count). The van der Waals surface area contributed by atoms with Gasteiger partial charge >= 0.3 is 0 Å². The number of aromatic amines is 1. The van der Waals surface area contributed by atoms with Crippen LogP contribution >= 0.6 is 0 Å². The van der Waals surface area contributed by atoms with Gasteiger partial charge in [-0.2, -0.15) is 0 Å². The van der Waals surface area contributed by atoms with Gasteiger partial charge in [0.15, 0.2) is 0 Å². The smallest absolute Gasteiger partial charge is 0.246 e. The number of amides is 2. The van der Waals surface area contributed by atoms with Crippen molar-refractivity contribution >= 4 is 22.7 Å². The highest BCUT2D eigenvalue weighted by Crippen LogP contribution is 2.42. The van der Waals surface area contributed by atoms with E-state index in [2.05, 4.69) is 29.2 Å². The van der Waals surface area contributed by atoms with E-state index in [1.807, 2.05) is 65.6 Å². The molecule has 5 heteroatoms. The van der Waals surface area contributed by atoms with Crippen molar-refractivity contribution in [2.45, 2.75) is 24.9 Å². The Morgan fingerprint density at radius 2 is 1.55 bits per heavy atom. The number of benzene rings is 3. The first-order chi connectivity index (χ1) is 16.2. The number of rotatable bonds is 4. The number of nitrogens with one attached hydrogen (secondary N) is 1. The van der Waals surface area contributed by atoms with E-state index < -0.39 is 6.04 Å². The summed E-state index contributed by atoms with van der Waals surface area (Å²) >= 11 is 0. The summed E-state index contributed by atoms with van der Waals surface area (Å²) in [6.45, 7) is 0.677. The Balaban J connectivity index is 1.40. The molecule has 2 atom stereocenters. The third-order valence-corrected chi connectivity index (χ3v) is 6.97. The van der Waals surface area contributed by atoms with Crippen LogP contribution in [-0.4, -0.2) is 45.7 Å². The molecular weight excluding hydrogens is 410 g/mol. The zero-order valence-corrected chi connectivity index (χ0v) is 18.3. The number of nitrogens with zero attached hydrogens (tertiary/aromatic N) is 2. The van der Waals surface area contributed by atoms with Crippen molar-refractivity contribution in [1.82, 2.24) is 14.8 Å². The molecule has 0 saturated carbocycles. The number of carbonyl (C=O) groups excluding carboxylic acids is 2. The molecule has 2 amide bonds. The van der Waals surface area contributed by atoms with E-state index >= 15 is 0 Å². The molecule has 5 nitrogen and oxygen atoms in total. The first kappa shape index (κ1) is 19.8. The summed E-state index contributed by atoms with van der Waals surface area (Å²) in [6.07, 6.45) is 1.28. The van der Waals surface area contributed by atoms with Gasteiger partial charge in [-0.05, 0) is 29.2 Å². The number of hydrogen-bond donors (Lipinski definition) is 1. The second-order valence-electron chi connectivity index (χ2n) is 8.89. The second kappa shape index (κ2) is 7.93. The van der Waals surface area contributed by atoms with Gasteiger partial charge in [-0.25, -0.2) is 0 Å². The van der Waals surface area contributed by atoms with Crippen molar-refractivity contribution in [3.05, 3.63) is 107 Å². The Hall–Kier alpha value is -3.86. The van der Waals surface area contributed by atoms with Gasteiger partial charge in [0.2, 0.25) is 11.8 Å². The molecule has 0 bridgehead atoms. The highest BCUT2D eigenvalue weighted by Gasteiger charge is 2.47. The van der Waals surface area contributed by atoms with E-state index in [0.717, 1.165) is 34.1 Å². The molecule has 1 fully saturated rings. The topological polar surface area (TPSA) is 56.4 Å². The fraction of sp³-hybridized carbons (Fsp3) is 0.214. The summed E-state index contributed by atoms with van der Waals surface area (Å²) in [5.41, 5.74) is 5.41. The number of piperazine rings is 1. The quantitative estimate of drug-likeness (QED) is 0.525. The zero-order chi connectivity index (χ0) is 22.4. The fourth-order valence-corrected chi connectivity index (χ4v) is 5.40. The summed E-state index contributed by atoms with van der Waals surface area (Å²) in [5.74, 6) is 0.0493. The Morgan fingerprint density at radius 3 is 2.33 bits per heavy atom. The maximum absolute atomic E-state index is 13.7. The molecule has 2 aliphatic heterocycles. The predicted octanol–water partition coefficient (Wildman–Crippen LogP) is 4.10. The van der Waals surface area contributed by atoms with Crippen LogP contribution in [0.4, 0.5) is 0 Å². The van der Waals surface area contributed by atoms with Crippen molar-refractivity contribution in [2.24, 2.45) is 0 Å². The number of H-pyrrole nitrogens is 1. The van der Waals surface area contributed by atoms with E-state index in [4.69, 9.17) is 0 Å². The zero-order valence-electron chi connectivity index (χ0n) is 18.3. The number of hydrogen-bond acceptors (Lipinski definition) is 2. The van der Waals surface area contributed by atoms with Crippen LogP contribution < -0.4 is 0 Å². The molecule has 0 spiro atoms. The van der Waals surface area contributed by atoms with Crippen molar-refractivity contribution in [2.75, 3.05) is 13.1 Å². The maximum Gasteiger partial charge on any atom is 0.246 e. The number of carbonyl (C=O) groups is 2. The minimum atomic E-state index is -0.487. The number of aromatic nitrogens is 1. The lowest BCUT2D eigenvalue weighted by Crippen LogP contribution is -2.63. The SMILES string of the molecule is O=C1[C@@H]2Cc3c([nH]c4ccccc34)[C@H](c3ccccc3)N2C(=O)CN1CCc1ccccc1. The van der Waals surface area contributed by atoms with Gasteiger partial charge in [0.1, 0.15) is 6.04 Å². The van der Waals surface area contributed by atoms with Crippen molar-refractivity contribution in [3.63, 3.8) is 0 Å². The molecule has 33 heavy (non-hydrogen) atoms. The van der Waals surface area contributed by atoms with Gasteiger partial charge in [-0.1, -0.05) is 78.9 Å². The number of para-hydroxylation sites is 1. The largest absolute Gasteiger partial charge is 0.356 e. The average molecular weight is 436 g/mol. The lowest BCUT2D eigenvalue weighted by atomic mass is 9.86. The van der Waals surface area contributed by atoms with E-state index in [9.17, 15) is 9.59 Å². The second-order valence-corrected chi connectivity index (χ2v) is 8.89. The monoisotopic (exact) mass is 435 g/mol. The van der Waals surface area contributed by atoms with Crippen molar-refractivity contribution < 1.29 is 9.59 Å². The van der Waals surface area contributed by atoms with Crippen molar-refractivity contribution in [1.29, 1.82) is 0 Å². The molecule has 0 aliphatic carbocycles. The summed E-state index contributed by atoms with van der Waals surface area (Å²) in [4.78, 5) is 34.4. The van der Waals surface area contributed by atoms with E-state index in [0.29, 0.717) is 13.0 Å². The van der Waals surface area contributed by atoms with E-state index in [1.165, 1.54) is 5.56 Å². The van der Waals surface area contributed by atoms with Crippen LogP contribution in [0.25, 0.3) is 10.9 Å². The van der Waals surface area contributed by atoms with Gasteiger partial charge in [-0.15, -0.1) is 0 Å². The molecule has 3 aromatic carbocycles. The molecule has 4 aromatic rings. The van der Waals surface area contributed by atoms with Crippen LogP contribution in [0.1, 0.15) is 28.4 Å². The Labute approximate surface area is 192 Å². The molecule has 164 valence electrons. The summed E-state index contributed by atoms with van der Waals surface area (Å²) in [7, 11) is 0. The predicted molar refractivity (Wildman–Crippen MR) is 128 cm³/mol. The van der Waals surface area contributed by atoms with Crippen LogP contribution in [0.2, 0.25) is 0 Å². The lowest BCUT2D eigenvalue weighted by molar-refractivity contribution is -0.158. The van der Waals surface area contributed by atoms with E-state index in [1.54, 1.807) is 4.90 Å². The van der Waals surface area contributed by atoms with Gasteiger partial charge in [0.25, 0.3) is 0 Å². The molecule has 1 saturated heterocycles. The van der Waals surface area contributed by atoms with E-state index in [-0.39, 0.29) is 24.4 Å². The fourth-order valence-electron chi connectivity index (χ4n) is 5.40. The highest BCUT2D eigenvalue weighted by molar-refractivity contribution is 5.97. The summed E-state index contributed by atoms with van der Waals surface area (Å²) in [6, 6.07) is 27.6. The number of fused-ring (bicyclic) bond motifs is 4. The molecule has 1 N–H and O–H groups in total. The Bertz CT molecular complexity index is 1330. The summed E-state index contributed by atoms with van der Waals surface area (Å²) in [5, 5.41) is 1.13. The highest BCUT2D eigenvalue weighted by atomic mass is 16.2. The molecule has 2 aliphatic rings. The Morgan fingerprint density at radius 1 is 0.848 bits per heavy atom. The van der Waals surface area contributed by atoms with Gasteiger partial charge < -0.3 is 14.8 Å². The minimum Gasteiger partial charge on any atom is -0.356 e. The third-order valence-electron chi connectivity index (χ3n) is 6.97. The van der Waals surface area contributed by atoms with Crippen molar-refractivity contribution in [3.8, 4) is 0 Å². The third kappa shape index (κ3) is 3.32. The molecule has 3 heterocycles. The lowest BCUT2D eigenvalue weighted by Gasteiger charge is -2.47. The van der Waals surface area contributed by atoms with Gasteiger partial charge in [-0.3, -0.25) is 9.59 Å². The maximum atomic E-state index is 13.7. The first-order valence-corrected chi connectivity index (χ1v) is 11.5. The molecule has 0 unspecified atom stereocenters. The Kier molecular flexibility index (Phi) is 4.75. The minimum absolute atomic E-state index is 0.00539. The van der Waals surface area contributed by atoms with Crippen LogP contribution in [-0.2, 0) is 22.4 Å². The average Bonchev–Trinajstić information content (AvgIpc) is 3.23. The normalized spacial score (nSPS) is 20.1. The molecule has 1 aromatic heterocycles. The molecule has 0 radical (unpaired) electrons. The van der Waals surface area contributed by atoms with Gasteiger partial charge in [0, 0.05) is 29.6 Å². The van der Waals surface area contributed by atoms with Gasteiger partial charge in [0.05, 0.1) is 12.6 Å². The first-order valence-electron chi connectivity index (χ1n) is 11.5. The van der Waals surface area contributed by atoms with Crippen LogP contribution in [0, 0.1) is 0 Å².